The van der Waals surface area contributed by atoms with Crippen molar-refractivity contribution in [1.29, 1.82) is 0 Å². The highest BCUT2D eigenvalue weighted by molar-refractivity contribution is 7.47. The predicted molar refractivity (Wildman–Crippen MR) is 449 cm³/mol. The molecule has 3 fully saturated rings. The van der Waals surface area contributed by atoms with Crippen LogP contribution in [0.1, 0.15) is 407 Å². The van der Waals surface area contributed by atoms with E-state index in [2.05, 4.69) is 39.8 Å². The Morgan fingerprint density at radius 3 is 1.03 bits per heavy atom. The minimum atomic E-state index is -5.80. The van der Waals surface area contributed by atoms with Gasteiger partial charge in [-0.15, -0.1) is 0 Å². The summed E-state index contributed by atoms with van der Waals surface area (Å²) in [5.41, 5.74) is 0. The van der Waals surface area contributed by atoms with E-state index < -0.39 is 162 Å². The first-order valence-corrected chi connectivity index (χ1v) is 48.4. The van der Waals surface area contributed by atoms with E-state index in [-0.39, 0.29) is 25.7 Å². The van der Waals surface area contributed by atoms with Gasteiger partial charge < -0.3 is 88.7 Å². The number of unbranched alkanes of at least 4 members (excludes halogenated alkanes) is 50. The molecule has 25 nitrogen and oxygen atoms in total. The Morgan fingerprint density at radius 2 is 0.647 bits per heavy atom. The number of aliphatic hydroxyl groups excluding tert-OH is 9. The summed E-state index contributed by atoms with van der Waals surface area (Å²) in [4.78, 5) is 66.4. The van der Waals surface area contributed by atoms with Gasteiger partial charge in [0.2, 0.25) is 0 Å². The Bertz CT molecular complexity index is 2460. The number of aliphatic hydroxyl groups is 9. The Hall–Kier alpha value is -2.79. The van der Waals surface area contributed by atoms with E-state index in [0.717, 1.165) is 141 Å². The molecule has 2 heterocycles. The summed E-state index contributed by atoms with van der Waals surface area (Å²) in [6.45, 7) is 5.60. The zero-order valence-electron chi connectivity index (χ0n) is 72.6. The number of carbonyl (C=O) groups excluding carboxylic acids is 4. The van der Waals surface area contributed by atoms with Crippen molar-refractivity contribution in [2.45, 2.75) is 511 Å². The fraction of sp³-hybridized carbons (Fsp3) is 0.933. The standard InChI is InChI=1S/C90H167O25P/c1-5-9-13-17-21-25-29-33-35-37-41-45-49-53-57-61-65-76(95)112-85-81(100)82(101)86(113-89-83(102)79(98)77(96)71(66-91)110-89)88(87(85)114-90-84(103)80(99)78(97)72(111-90)69-107-74(93)63-59-55-51-47-43-39-32-28-24-20-16-12-8-4)115-116(104,105)108-68-70(67-106-73(92)62-58-54-50-46-42-38-31-27-23-19-15-11-7-3)109-75(94)64-60-56-52-48-44-40-36-34-30-26-22-18-14-10-6-2/h26,30,70-72,77-91,96-103H,5-25,27-29,31-69H2,1-4H3,(H,104,105)/b30-26-. The second-order valence-corrected chi connectivity index (χ2v) is 34.9. The smallest absolute Gasteiger partial charge is 0.463 e. The Kier molecular flexibility index (Phi) is 64.4. The molecule has 3 aliphatic rings. The van der Waals surface area contributed by atoms with Gasteiger partial charge in [-0.25, -0.2) is 4.57 Å². The number of allylic oxidation sites excluding steroid dienone is 2. The van der Waals surface area contributed by atoms with Crippen molar-refractivity contribution in [3.05, 3.63) is 12.2 Å². The maximum Gasteiger partial charge on any atom is 0.472 e. The quantitative estimate of drug-likeness (QED) is 0.00889. The number of hydrogen-bond donors (Lipinski definition) is 10. The molecule has 0 spiro atoms. The molecular weight excluding hydrogens is 1510 g/mol. The molecule has 0 aromatic carbocycles. The number of hydrogen-bond acceptors (Lipinski definition) is 24. The summed E-state index contributed by atoms with van der Waals surface area (Å²) in [5, 5.41) is 102. The van der Waals surface area contributed by atoms with Crippen molar-refractivity contribution in [2.75, 3.05) is 26.4 Å². The van der Waals surface area contributed by atoms with E-state index in [1.54, 1.807) is 0 Å². The Morgan fingerprint density at radius 1 is 0.336 bits per heavy atom. The molecule has 1 aliphatic carbocycles. The summed E-state index contributed by atoms with van der Waals surface area (Å²) in [7, 11) is -5.80. The molecule has 0 amide bonds. The van der Waals surface area contributed by atoms with Crippen LogP contribution in [0.3, 0.4) is 0 Å². The van der Waals surface area contributed by atoms with Gasteiger partial charge in [-0.1, -0.05) is 342 Å². The molecule has 18 unspecified atom stereocenters. The van der Waals surface area contributed by atoms with Crippen LogP contribution in [0.5, 0.6) is 0 Å². The molecule has 0 aromatic rings. The molecule has 1 saturated carbocycles. The first-order valence-electron chi connectivity index (χ1n) is 46.9. The zero-order valence-corrected chi connectivity index (χ0v) is 73.5. The monoisotopic (exact) mass is 1680 g/mol. The van der Waals surface area contributed by atoms with Crippen molar-refractivity contribution in [1.82, 2.24) is 0 Å². The summed E-state index contributed by atoms with van der Waals surface area (Å²) in [6, 6.07) is 0. The fourth-order valence-electron chi connectivity index (χ4n) is 15.5. The van der Waals surface area contributed by atoms with Crippen molar-refractivity contribution in [3.63, 3.8) is 0 Å². The van der Waals surface area contributed by atoms with Crippen molar-refractivity contribution < 1.29 is 122 Å². The third kappa shape index (κ3) is 49.5. The lowest BCUT2D eigenvalue weighted by Gasteiger charge is -2.50. The normalized spacial score (nSPS) is 25.2. The molecule has 0 bridgehead atoms. The summed E-state index contributed by atoms with van der Waals surface area (Å²) < 4.78 is 73.4. The Balaban J connectivity index is 1.92. The van der Waals surface area contributed by atoms with Crippen LogP contribution in [0.15, 0.2) is 12.2 Å². The van der Waals surface area contributed by atoms with Gasteiger partial charge in [-0.3, -0.25) is 28.2 Å². The zero-order chi connectivity index (χ0) is 84.7. The van der Waals surface area contributed by atoms with Crippen molar-refractivity contribution in [2.24, 2.45) is 0 Å². The minimum absolute atomic E-state index is 0.0185. The molecule has 116 heavy (non-hydrogen) atoms. The van der Waals surface area contributed by atoms with E-state index in [9.17, 15) is 74.6 Å². The molecule has 0 aromatic heterocycles. The van der Waals surface area contributed by atoms with Gasteiger partial charge in [0.1, 0.15) is 92.6 Å². The van der Waals surface area contributed by atoms with Gasteiger partial charge in [-0.2, -0.15) is 0 Å². The van der Waals surface area contributed by atoms with Crippen LogP contribution in [0.4, 0.5) is 0 Å². The van der Waals surface area contributed by atoms with Crippen molar-refractivity contribution in [3.8, 4) is 0 Å². The summed E-state index contributed by atoms with van der Waals surface area (Å²) >= 11 is 0. The van der Waals surface area contributed by atoms with Crippen LogP contribution < -0.4 is 0 Å². The van der Waals surface area contributed by atoms with Crippen LogP contribution in [-0.4, -0.2) is 205 Å². The number of rotatable bonds is 76. The van der Waals surface area contributed by atoms with Crippen LogP contribution in [-0.2, 0) is 70.7 Å². The largest absolute Gasteiger partial charge is 0.472 e. The fourth-order valence-corrected chi connectivity index (χ4v) is 16.5. The van der Waals surface area contributed by atoms with Gasteiger partial charge in [0.15, 0.2) is 24.8 Å². The highest BCUT2D eigenvalue weighted by Gasteiger charge is 2.60. The number of phosphoric acid groups is 1. The number of esters is 4. The van der Waals surface area contributed by atoms with E-state index in [0.29, 0.717) is 38.5 Å². The lowest BCUT2D eigenvalue weighted by Crippen LogP contribution is -2.70. The van der Waals surface area contributed by atoms with E-state index in [1.807, 2.05) is 0 Å². The molecule has 682 valence electrons. The second-order valence-electron chi connectivity index (χ2n) is 33.5. The number of carbonyl (C=O) groups is 4. The average Bonchev–Trinajstić information content (AvgIpc) is 0.755. The van der Waals surface area contributed by atoms with E-state index in [4.69, 9.17) is 46.9 Å². The van der Waals surface area contributed by atoms with Crippen molar-refractivity contribution >= 4 is 31.7 Å². The lowest BCUT2D eigenvalue weighted by molar-refractivity contribution is -0.360. The average molecular weight is 1680 g/mol. The van der Waals surface area contributed by atoms with Gasteiger partial charge >= 0.3 is 31.7 Å². The molecule has 18 atom stereocenters. The SMILES string of the molecule is CCCCCC/C=C\CCCCCCCCCC(=O)OC(COC(=O)CCCCCCCCCCCCCCC)COP(=O)(O)OC1C(OC2OC(CO)C(O)C(O)C2O)C(O)C(O)C(OC(=O)CCCCCCCCCCCCCCCCCC)C1OC1OC(COC(=O)CCCCCCCCCCCCCCC)C(O)C(O)C1O. The predicted octanol–water partition coefficient (Wildman–Crippen LogP) is 17.2. The lowest BCUT2D eigenvalue weighted by atomic mass is 9.84. The van der Waals surface area contributed by atoms with Gasteiger partial charge in [-0.05, 0) is 51.4 Å². The molecule has 10 N–H and O–H groups in total. The van der Waals surface area contributed by atoms with Crippen LogP contribution in [0, 0.1) is 0 Å². The maximum atomic E-state index is 14.9. The molecule has 26 heteroatoms. The van der Waals surface area contributed by atoms with Gasteiger partial charge in [0.05, 0.1) is 13.2 Å². The maximum absolute atomic E-state index is 14.9. The number of phosphoric ester groups is 1. The Labute approximate surface area is 699 Å². The van der Waals surface area contributed by atoms with Gasteiger partial charge in [0, 0.05) is 25.7 Å². The van der Waals surface area contributed by atoms with Crippen LogP contribution in [0.2, 0.25) is 0 Å². The summed E-state index contributed by atoms with van der Waals surface area (Å²) in [6.07, 6.45) is 27.7. The molecule has 2 aliphatic heterocycles. The third-order valence-electron chi connectivity index (χ3n) is 23.0. The number of ether oxygens (including phenoxy) is 8. The molecule has 3 rings (SSSR count). The van der Waals surface area contributed by atoms with Crippen LogP contribution in [0.25, 0.3) is 0 Å². The second kappa shape index (κ2) is 69.6. The molecule has 0 radical (unpaired) electrons. The molecular formula is C90H167O25P. The topological polar surface area (TPSA) is 380 Å². The first kappa shape index (κ1) is 107. The van der Waals surface area contributed by atoms with E-state index in [1.165, 1.54) is 173 Å². The highest BCUT2D eigenvalue weighted by atomic mass is 31.2. The van der Waals surface area contributed by atoms with Gasteiger partial charge in [0.25, 0.3) is 0 Å². The van der Waals surface area contributed by atoms with E-state index >= 15 is 0 Å². The van der Waals surface area contributed by atoms with Crippen LogP contribution >= 0.6 is 7.82 Å². The molecule has 2 saturated heterocycles. The summed E-state index contributed by atoms with van der Waals surface area (Å²) in [5.74, 6) is -2.95. The minimum Gasteiger partial charge on any atom is -0.463 e. The first-order chi connectivity index (χ1) is 56.2. The highest BCUT2D eigenvalue weighted by Crippen LogP contribution is 2.49. The third-order valence-corrected chi connectivity index (χ3v) is 24.0.